The van der Waals surface area contributed by atoms with Crippen molar-refractivity contribution in [3.63, 3.8) is 0 Å². The van der Waals surface area contributed by atoms with E-state index in [-0.39, 0.29) is 12.4 Å². The van der Waals surface area contributed by atoms with Crippen LogP contribution in [0.4, 0.5) is 0 Å². The number of aromatic nitrogens is 3. The van der Waals surface area contributed by atoms with E-state index in [9.17, 15) is 8.42 Å². The van der Waals surface area contributed by atoms with Gasteiger partial charge in [-0.2, -0.15) is 0 Å². The Morgan fingerprint density at radius 1 is 1.40 bits per heavy atom. The Balaban J connectivity index is 2.10. The van der Waals surface area contributed by atoms with Crippen LogP contribution in [0.2, 0.25) is 0 Å². The molecule has 0 aliphatic rings. The zero-order chi connectivity index (χ0) is 15.0. The Kier molecular flexibility index (Phi) is 3.70. The van der Waals surface area contributed by atoms with Crippen molar-refractivity contribution in [2.45, 2.75) is 20.8 Å². The second-order valence-electron chi connectivity index (χ2n) is 5.60. The lowest BCUT2D eigenvalue weighted by Gasteiger charge is -2.22. The number of sulfonamides is 1. The predicted octanol–water partition coefficient (Wildman–Crippen LogP) is 0.731. The maximum absolute atomic E-state index is 11.1. The Labute approximate surface area is 117 Å². The second kappa shape index (κ2) is 5.02. The van der Waals surface area contributed by atoms with Gasteiger partial charge in [0.15, 0.2) is 5.65 Å². The molecule has 0 saturated carbocycles. The molecule has 2 aromatic rings. The minimum absolute atomic E-state index is 0.146. The van der Waals surface area contributed by atoms with Gasteiger partial charge in [-0.3, -0.25) is 0 Å². The predicted molar refractivity (Wildman–Crippen MR) is 75.0 cm³/mol. The van der Waals surface area contributed by atoms with Gasteiger partial charge in [0.2, 0.25) is 15.9 Å². The van der Waals surface area contributed by atoms with E-state index in [1.54, 1.807) is 36.7 Å². The number of hydrogen-bond acceptors (Lipinski definition) is 5. The molecule has 7 nitrogen and oxygen atoms in total. The van der Waals surface area contributed by atoms with Crippen LogP contribution in [0.15, 0.2) is 18.3 Å². The largest absolute Gasteiger partial charge is 0.476 e. The number of nitrogens with zero attached hydrogens (tertiary/aromatic N) is 3. The van der Waals surface area contributed by atoms with E-state index < -0.39 is 15.4 Å². The summed E-state index contributed by atoms with van der Waals surface area (Å²) in [5.41, 5.74) is 1.04. The second-order valence-corrected chi connectivity index (χ2v) is 7.22. The molecular formula is C12H18N4O3S. The summed E-state index contributed by atoms with van der Waals surface area (Å²) in [6, 6.07) is 3.50. The molecule has 20 heavy (non-hydrogen) atoms. The molecule has 2 heterocycles. The fraction of sp³-hybridized carbons (Fsp3) is 0.500. The van der Waals surface area contributed by atoms with Crippen molar-refractivity contribution in [3.8, 4) is 5.88 Å². The summed E-state index contributed by atoms with van der Waals surface area (Å²) >= 11 is 0. The van der Waals surface area contributed by atoms with E-state index in [1.165, 1.54) is 0 Å². The van der Waals surface area contributed by atoms with Crippen LogP contribution in [0.3, 0.4) is 0 Å². The molecule has 0 saturated heterocycles. The van der Waals surface area contributed by atoms with E-state index in [0.717, 1.165) is 11.3 Å². The molecular weight excluding hydrogens is 280 g/mol. The van der Waals surface area contributed by atoms with E-state index in [1.807, 2.05) is 6.92 Å². The molecule has 8 heteroatoms. The van der Waals surface area contributed by atoms with Gasteiger partial charge >= 0.3 is 0 Å². The maximum atomic E-state index is 11.1. The highest BCUT2D eigenvalue weighted by Crippen LogP contribution is 2.19. The molecule has 2 aromatic heterocycles. The van der Waals surface area contributed by atoms with Crippen LogP contribution < -0.4 is 9.88 Å². The van der Waals surface area contributed by atoms with Crippen LogP contribution >= 0.6 is 0 Å². The molecule has 2 rings (SSSR count). The zero-order valence-electron chi connectivity index (χ0n) is 11.7. The summed E-state index contributed by atoms with van der Waals surface area (Å²) in [5, 5.41) is 9.35. The Morgan fingerprint density at radius 3 is 2.75 bits per heavy atom. The summed E-state index contributed by atoms with van der Waals surface area (Å²) in [7, 11) is -3.53. The van der Waals surface area contributed by atoms with Gasteiger partial charge in [0.1, 0.15) is 0 Å². The van der Waals surface area contributed by atoms with Crippen molar-refractivity contribution in [3.05, 3.63) is 24.0 Å². The number of rotatable bonds is 5. The lowest BCUT2D eigenvalue weighted by Crippen LogP contribution is -2.33. The lowest BCUT2D eigenvalue weighted by molar-refractivity contribution is 0.191. The zero-order valence-corrected chi connectivity index (χ0v) is 12.5. The van der Waals surface area contributed by atoms with E-state index in [0.29, 0.717) is 5.88 Å². The summed E-state index contributed by atoms with van der Waals surface area (Å²) in [6.45, 7) is 5.65. The molecule has 0 aliphatic carbocycles. The number of ether oxygens (including phenoxy) is 1. The smallest absolute Gasteiger partial charge is 0.231 e. The highest BCUT2D eigenvalue weighted by Gasteiger charge is 2.25. The van der Waals surface area contributed by atoms with E-state index in [4.69, 9.17) is 9.88 Å². The first-order valence-electron chi connectivity index (χ1n) is 6.11. The molecule has 0 aromatic carbocycles. The van der Waals surface area contributed by atoms with Crippen LogP contribution in [-0.2, 0) is 10.0 Å². The van der Waals surface area contributed by atoms with E-state index >= 15 is 0 Å². The van der Waals surface area contributed by atoms with Gasteiger partial charge in [-0.1, -0.05) is 13.8 Å². The highest BCUT2D eigenvalue weighted by molar-refractivity contribution is 7.89. The average Bonchev–Trinajstić information content (AvgIpc) is 2.66. The van der Waals surface area contributed by atoms with Crippen molar-refractivity contribution in [1.82, 2.24) is 14.6 Å². The topological polar surface area (TPSA) is 99.6 Å². The number of imidazole rings is 1. The minimum Gasteiger partial charge on any atom is -0.476 e. The average molecular weight is 298 g/mol. The van der Waals surface area contributed by atoms with Crippen LogP contribution in [0.5, 0.6) is 5.88 Å². The summed E-state index contributed by atoms with van der Waals surface area (Å²) < 4.78 is 29.5. The first-order valence-corrected chi connectivity index (χ1v) is 7.83. The van der Waals surface area contributed by atoms with Gasteiger partial charge in [0.05, 0.1) is 24.3 Å². The third kappa shape index (κ3) is 3.67. The normalized spacial score (nSPS) is 12.8. The Morgan fingerprint density at radius 2 is 2.10 bits per heavy atom. The number of nitrogens with two attached hydrogens (primary N) is 1. The van der Waals surface area contributed by atoms with Crippen molar-refractivity contribution < 1.29 is 13.2 Å². The minimum atomic E-state index is -3.53. The first-order chi connectivity index (χ1) is 9.16. The lowest BCUT2D eigenvalue weighted by atomic mass is 9.98. The number of aryl methyl sites for hydroxylation is 1. The van der Waals surface area contributed by atoms with Gasteiger partial charge in [-0.05, 0) is 13.0 Å². The summed E-state index contributed by atoms with van der Waals surface area (Å²) in [6.07, 6.45) is 1.72. The molecule has 0 spiro atoms. The monoisotopic (exact) mass is 298 g/mol. The van der Waals surface area contributed by atoms with Crippen molar-refractivity contribution in [2.75, 3.05) is 12.4 Å². The van der Waals surface area contributed by atoms with Crippen molar-refractivity contribution in [2.24, 2.45) is 10.6 Å². The fourth-order valence-corrected chi connectivity index (χ4v) is 3.08. The molecule has 0 atom stereocenters. The fourth-order valence-electron chi connectivity index (χ4n) is 1.90. The quantitative estimate of drug-likeness (QED) is 0.877. The van der Waals surface area contributed by atoms with Crippen molar-refractivity contribution >= 4 is 15.7 Å². The molecule has 0 bridgehead atoms. The molecule has 110 valence electrons. The summed E-state index contributed by atoms with van der Waals surface area (Å²) in [4.78, 5) is 4.17. The highest BCUT2D eigenvalue weighted by atomic mass is 32.2. The number of fused-ring (bicyclic) bond motifs is 1. The molecule has 0 unspecified atom stereocenters. The summed E-state index contributed by atoms with van der Waals surface area (Å²) in [5.74, 6) is 0.271. The van der Waals surface area contributed by atoms with Gasteiger partial charge in [-0.15, -0.1) is 5.10 Å². The van der Waals surface area contributed by atoms with Gasteiger partial charge < -0.3 is 4.74 Å². The SMILES string of the molecule is Cc1cnc2ccc(OCC(C)(C)CS(N)(=O)=O)nn12. The third-order valence-electron chi connectivity index (χ3n) is 2.71. The van der Waals surface area contributed by atoms with E-state index in [2.05, 4.69) is 10.1 Å². The molecule has 2 N–H and O–H groups in total. The molecule has 0 fully saturated rings. The van der Waals surface area contributed by atoms with Crippen molar-refractivity contribution in [1.29, 1.82) is 0 Å². The number of primary sulfonamides is 1. The number of hydrogen-bond donors (Lipinski definition) is 1. The molecule has 0 aliphatic heterocycles. The van der Waals surface area contributed by atoms with Crippen LogP contribution in [0, 0.1) is 12.3 Å². The molecule has 0 amide bonds. The van der Waals surface area contributed by atoms with Gasteiger partial charge in [0, 0.05) is 11.5 Å². The molecule has 0 radical (unpaired) electrons. The third-order valence-corrected chi connectivity index (χ3v) is 3.89. The first kappa shape index (κ1) is 14.7. The van der Waals surface area contributed by atoms with Crippen LogP contribution in [-0.4, -0.2) is 35.4 Å². The van der Waals surface area contributed by atoms with Gasteiger partial charge in [0.25, 0.3) is 0 Å². The Hall–Kier alpha value is -1.67. The Bertz CT molecular complexity index is 721. The van der Waals surface area contributed by atoms with Crippen LogP contribution in [0.1, 0.15) is 19.5 Å². The standard InChI is InChI=1S/C12H18N4O3S/c1-9-6-14-10-4-5-11(15-16(9)10)19-7-12(2,3)8-20(13,17)18/h4-6H,7-8H2,1-3H3,(H2,13,17,18). The maximum Gasteiger partial charge on any atom is 0.231 e. The van der Waals surface area contributed by atoms with Gasteiger partial charge in [-0.25, -0.2) is 23.1 Å². The van der Waals surface area contributed by atoms with Crippen LogP contribution in [0.25, 0.3) is 5.65 Å².